The fourth-order valence-corrected chi connectivity index (χ4v) is 3.11. The van der Waals surface area contributed by atoms with Crippen molar-refractivity contribution in [2.75, 3.05) is 19.6 Å². The van der Waals surface area contributed by atoms with Gasteiger partial charge in [0.15, 0.2) is 11.5 Å². The first-order valence-corrected chi connectivity index (χ1v) is 8.84. The summed E-state index contributed by atoms with van der Waals surface area (Å²) in [7, 11) is 0. The molecule has 8 nitrogen and oxygen atoms in total. The van der Waals surface area contributed by atoms with Crippen molar-refractivity contribution in [2.45, 2.75) is 31.7 Å². The molecule has 0 spiro atoms. The molecule has 1 aliphatic heterocycles. The topological polar surface area (TPSA) is 114 Å². The van der Waals surface area contributed by atoms with Crippen LogP contribution in [0.25, 0.3) is 11.3 Å². The Kier molecular flexibility index (Phi) is 5.96. The number of likely N-dealkylation sites (tertiary alicyclic amines) is 1. The van der Waals surface area contributed by atoms with Gasteiger partial charge in [0.2, 0.25) is 5.91 Å². The molecule has 138 valence electrons. The van der Waals surface area contributed by atoms with E-state index in [1.54, 1.807) is 35.5 Å². The molecule has 0 bridgehead atoms. The second kappa shape index (κ2) is 8.57. The molecular weight excluding hydrogens is 334 g/mol. The van der Waals surface area contributed by atoms with Crippen LogP contribution in [0.3, 0.4) is 0 Å². The first-order chi connectivity index (χ1) is 12.7. The molecule has 0 radical (unpaired) electrons. The minimum atomic E-state index is -0.174. The van der Waals surface area contributed by atoms with Crippen LogP contribution in [0.15, 0.2) is 35.1 Å². The van der Waals surface area contributed by atoms with Crippen molar-refractivity contribution in [1.29, 1.82) is 0 Å². The summed E-state index contributed by atoms with van der Waals surface area (Å²) in [6, 6.07) is 5.20. The van der Waals surface area contributed by atoms with E-state index in [9.17, 15) is 9.59 Å². The number of nitrogens with one attached hydrogen (secondary N) is 1. The minimum absolute atomic E-state index is 0.0425. The molecule has 1 saturated heterocycles. The van der Waals surface area contributed by atoms with E-state index >= 15 is 0 Å². The molecule has 0 aromatic carbocycles. The molecule has 3 N–H and O–H groups in total. The number of rotatable bonds is 6. The van der Waals surface area contributed by atoms with Crippen LogP contribution in [0, 0.1) is 0 Å². The highest BCUT2D eigenvalue weighted by Crippen LogP contribution is 2.23. The Morgan fingerprint density at radius 2 is 2.12 bits per heavy atom. The molecule has 3 rings (SSSR count). The van der Waals surface area contributed by atoms with Crippen LogP contribution in [0.2, 0.25) is 0 Å². The number of carbonyl (C=O) groups is 2. The van der Waals surface area contributed by atoms with Gasteiger partial charge in [0.1, 0.15) is 0 Å². The van der Waals surface area contributed by atoms with Crippen LogP contribution >= 0.6 is 0 Å². The summed E-state index contributed by atoms with van der Waals surface area (Å²) in [6.45, 7) is 1.39. The minimum Gasteiger partial charge on any atom is -0.355 e. The molecular formula is C18H23N5O3. The molecule has 2 aromatic heterocycles. The van der Waals surface area contributed by atoms with Crippen LogP contribution in [0.1, 0.15) is 36.2 Å². The van der Waals surface area contributed by atoms with Gasteiger partial charge >= 0.3 is 0 Å². The second-order valence-corrected chi connectivity index (χ2v) is 6.30. The Bertz CT molecular complexity index is 746. The van der Waals surface area contributed by atoms with E-state index in [1.165, 1.54) is 0 Å². The highest BCUT2D eigenvalue weighted by molar-refractivity contribution is 5.93. The average molecular weight is 357 g/mol. The van der Waals surface area contributed by atoms with Crippen LogP contribution in [0.5, 0.6) is 0 Å². The van der Waals surface area contributed by atoms with E-state index in [2.05, 4.69) is 15.5 Å². The van der Waals surface area contributed by atoms with Crippen molar-refractivity contribution >= 4 is 11.8 Å². The summed E-state index contributed by atoms with van der Waals surface area (Å²) in [5, 5.41) is 6.79. The zero-order valence-electron chi connectivity index (χ0n) is 14.6. The third kappa shape index (κ3) is 4.26. The number of nitrogens with zero attached hydrogens (tertiary/aromatic N) is 3. The number of piperidine rings is 1. The van der Waals surface area contributed by atoms with Gasteiger partial charge in [-0.1, -0.05) is 5.16 Å². The van der Waals surface area contributed by atoms with E-state index in [4.69, 9.17) is 10.3 Å². The lowest BCUT2D eigenvalue weighted by atomic mass is 10.0. The van der Waals surface area contributed by atoms with Gasteiger partial charge in [-0.15, -0.1) is 0 Å². The number of hydrogen-bond donors (Lipinski definition) is 2. The van der Waals surface area contributed by atoms with Gasteiger partial charge in [0.25, 0.3) is 5.91 Å². The lowest BCUT2D eigenvalue weighted by Crippen LogP contribution is -2.49. The van der Waals surface area contributed by atoms with Gasteiger partial charge < -0.3 is 20.5 Å². The summed E-state index contributed by atoms with van der Waals surface area (Å²) >= 11 is 0. The Morgan fingerprint density at radius 3 is 2.88 bits per heavy atom. The fourth-order valence-electron chi connectivity index (χ4n) is 3.11. The van der Waals surface area contributed by atoms with Gasteiger partial charge in [-0.25, -0.2) is 0 Å². The maximum atomic E-state index is 12.9. The van der Waals surface area contributed by atoms with Crippen LogP contribution in [-0.2, 0) is 4.79 Å². The highest BCUT2D eigenvalue weighted by atomic mass is 16.5. The molecule has 1 fully saturated rings. The zero-order valence-corrected chi connectivity index (χ0v) is 14.6. The molecule has 3 heterocycles. The summed E-state index contributed by atoms with van der Waals surface area (Å²) < 4.78 is 5.32. The summed E-state index contributed by atoms with van der Waals surface area (Å²) in [5.74, 6) is 0.263. The van der Waals surface area contributed by atoms with E-state index < -0.39 is 0 Å². The van der Waals surface area contributed by atoms with E-state index in [0.717, 1.165) is 24.8 Å². The molecule has 1 unspecified atom stereocenters. The molecule has 2 aromatic rings. The monoisotopic (exact) mass is 357 g/mol. The zero-order chi connectivity index (χ0) is 18.4. The van der Waals surface area contributed by atoms with Crippen molar-refractivity contribution < 1.29 is 14.1 Å². The van der Waals surface area contributed by atoms with Crippen molar-refractivity contribution in [3.63, 3.8) is 0 Å². The van der Waals surface area contributed by atoms with Gasteiger partial charge in [0, 0.05) is 56.1 Å². The fraction of sp³-hybridized carbons (Fsp3) is 0.444. The van der Waals surface area contributed by atoms with Crippen molar-refractivity contribution in [3.8, 4) is 11.3 Å². The van der Waals surface area contributed by atoms with Crippen LogP contribution in [-0.4, -0.2) is 52.5 Å². The van der Waals surface area contributed by atoms with Gasteiger partial charge in [0.05, 0.1) is 0 Å². The molecule has 0 aliphatic carbocycles. The predicted molar refractivity (Wildman–Crippen MR) is 95.1 cm³/mol. The Labute approximate surface area is 151 Å². The van der Waals surface area contributed by atoms with E-state index in [1.807, 2.05) is 0 Å². The molecule has 8 heteroatoms. The van der Waals surface area contributed by atoms with E-state index in [0.29, 0.717) is 31.8 Å². The first kappa shape index (κ1) is 18.1. The Balaban J connectivity index is 1.68. The van der Waals surface area contributed by atoms with E-state index in [-0.39, 0.29) is 23.6 Å². The normalized spacial score (nSPS) is 17.1. The highest BCUT2D eigenvalue weighted by Gasteiger charge is 2.29. The predicted octanol–water partition coefficient (Wildman–Crippen LogP) is 1.20. The molecule has 26 heavy (non-hydrogen) atoms. The van der Waals surface area contributed by atoms with Gasteiger partial charge in [-0.05, 0) is 31.4 Å². The molecule has 2 amide bonds. The lowest BCUT2D eigenvalue weighted by molar-refractivity contribution is -0.121. The van der Waals surface area contributed by atoms with Gasteiger partial charge in [-0.3, -0.25) is 14.6 Å². The second-order valence-electron chi connectivity index (χ2n) is 6.30. The number of nitrogens with two attached hydrogens (primary N) is 1. The maximum absolute atomic E-state index is 12.9. The number of aromatic nitrogens is 2. The van der Waals surface area contributed by atoms with Crippen molar-refractivity contribution in [1.82, 2.24) is 20.4 Å². The first-order valence-electron chi connectivity index (χ1n) is 8.84. The quantitative estimate of drug-likeness (QED) is 0.803. The van der Waals surface area contributed by atoms with Crippen molar-refractivity contribution in [2.24, 2.45) is 5.73 Å². The summed E-state index contributed by atoms with van der Waals surface area (Å²) in [6.07, 6.45) is 6.42. The lowest BCUT2D eigenvalue weighted by Gasteiger charge is -2.35. The largest absolute Gasteiger partial charge is 0.355 e. The third-order valence-corrected chi connectivity index (χ3v) is 4.49. The Morgan fingerprint density at radius 1 is 1.31 bits per heavy atom. The SMILES string of the molecule is NCCC(=O)NCC1CCCCN1C(=O)c1cc(-c2ccncc2)on1. The molecule has 1 aliphatic rings. The summed E-state index contributed by atoms with van der Waals surface area (Å²) in [5.41, 5.74) is 6.48. The van der Waals surface area contributed by atoms with Gasteiger partial charge in [-0.2, -0.15) is 0 Å². The number of hydrogen-bond acceptors (Lipinski definition) is 6. The number of pyridine rings is 1. The molecule has 1 atom stereocenters. The Hall–Kier alpha value is -2.74. The molecule has 0 saturated carbocycles. The van der Waals surface area contributed by atoms with Crippen LogP contribution in [0.4, 0.5) is 0 Å². The summed E-state index contributed by atoms with van der Waals surface area (Å²) in [4.78, 5) is 30.3. The maximum Gasteiger partial charge on any atom is 0.276 e. The van der Waals surface area contributed by atoms with Crippen molar-refractivity contribution in [3.05, 3.63) is 36.3 Å². The average Bonchev–Trinajstić information content (AvgIpc) is 3.17. The van der Waals surface area contributed by atoms with Crippen LogP contribution < -0.4 is 11.1 Å². The number of amides is 2. The standard InChI is InChI=1S/C18H23N5O3/c19-7-4-17(24)21-12-14-3-1-2-10-23(14)18(25)15-11-16(26-22-15)13-5-8-20-9-6-13/h5-6,8-9,11,14H,1-4,7,10,12,19H2,(H,21,24). The number of carbonyl (C=O) groups excluding carboxylic acids is 2. The third-order valence-electron chi connectivity index (χ3n) is 4.49. The smallest absolute Gasteiger partial charge is 0.276 e.